The lowest BCUT2D eigenvalue weighted by Gasteiger charge is -2.13. The molecule has 0 bridgehead atoms. The van der Waals surface area contributed by atoms with Crippen LogP contribution in [0.5, 0.6) is 0 Å². The third-order valence-corrected chi connectivity index (χ3v) is 4.12. The Kier molecular flexibility index (Phi) is 4.30. The summed E-state index contributed by atoms with van der Waals surface area (Å²) in [5, 5.41) is 1.08. The highest BCUT2D eigenvalue weighted by Gasteiger charge is 2.13. The van der Waals surface area contributed by atoms with Crippen molar-refractivity contribution in [3.05, 3.63) is 59.3 Å². The van der Waals surface area contributed by atoms with Gasteiger partial charge in [0.1, 0.15) is 0 Å². The van der Waals surface area contributed by atoms with Gasteiger partial charge in [-0.25, -0.2) is 4.98 Å². The fourth-order valence-electron chi connectivity index (χ4n) is 2.76. The molecule has 24 heavy (non-hydrogen) atoms. The number of rotatable bonds is 3. The summed E-state index contributed by atoms with van der Waals surface area (Å²) < 4.78 is 0. The van der Waals surface area contributed by atoms with Crippen molar-refractivity contribution in [3.63, 3.8) is 0 Å². The number of nitrogens with zero attached hydrogens (tertiary/aromatic N) is 3. The van der Waals surface area contributed by atoms with Crippen LogP contribution in [0.15, 0.2) is 42.5 Å². The number of para-hydroxylation sites is 1. The van der Waals surface area contributed by atoms with Crippen LogP contribution in [0.1, 0.15) is 16.8 Å². The molecule has 2 aromatic heterocycles. The van der Waals surface area contributed by atoms with Crippen molar-refractivity contribution in [2.75, 3.05) is 14.1 Å². The number of hydrogen-bond donors (Lipinski definition) is 0. The molecule has 122 valence electrons. The molecule has 3 aromatic rings. The minimum Gasteiger partial charge on any atom is -0.349 e. The maximum Gasteiger partial charge on any atom is 0.226 e. The topological polar surface area (TPSA) is 46.1 Å². The van der Waals surface area contributed by atoms with Crippen molar-refractivity contribution in [1.82, 2.24) is 14.9 Å². The van der Waals surface area contributed by atoms with E-state index in [1.54, 1.807) is 19.0 Å². The zero-order chi connectivity index (χ0) is 17.3. The van der Waals surface area contributed by atoms with Gasteiger partial charge in [0.2, 0.25) is 5.91 Å². The predicted octanol–water partition coefficient (Wildman–Crippen LogP) is 3.54. The Bertz CT molecular complexity index is 916. The Morgan fingerprint density at radius 1 is 1.00 bits per heavy atom. The number of aryl methyl sites for hydroxylation is 2. The molecule has 0 fully saturated rings. The van der Waals surface area contributed by atoms with Gasteiger partial charge in [-0.2, -0.15) is 0 Å². The molecule has 3 rings (SSSR count). The monoisotopic (exact) mass is 319 g/mol. The van der Waals surface area contributed by atoms with Crippen molar-refractivity contribution >= 4 is 16.8 Å². The normalized spacial score (nSPS) is 10.8. The molecule has 0 aliphatic rings. The third kappa shape index (κ3) is 3.13. The second-order valence-electron chi connectivity index (χ2n) is 6.27. The number of amides is 1. The maximum absolute atomic E-state index is 12.1. The Hall–Kier alpha value is -2.75. The molecule has 0 aliphatic carbocycles. The minimum absolute atomic E-state index is 0.0704. The van der Waals surface area contributed by atoms with E-state index >= 15 is 0 Å². The molecule has 0 radical (unpaired) electrons. The Morgan fingerprint density at radius 2 is 1.75 bits per heavy atom. The first kappa shape index (κ1) is 16.1. The van der Waals surface area contributed by atoms with Crippen molar-refractivity contribution in [2.24, 2.45) is 0 Å². The number of fused-ring (bicyclic) bond motifs is 1. The van der Waals surface area contributed by atoms with E-state index in [0.29, 0.717) is 6.42 Å². The standard InChI is InChI=1S/C20H21N3O/c1-13-11-18(17-10-5-7-14(2)21-17)22-20-15(8-6-9-16(13)20)12-19(24)23(3)4/h5-11H,12H2,1-4H3. The van der Waals surface area contributed by atoms with Crippen LogP contribution < -0.4 is 0 Å². The fourth-order valence-corrected chi connectivity index (χ4v) is 2.76. The summed E-state index contributed by atoms with van der Waals surface area (Å²) in [4.78, 5) is 23.1. The molecule has 0 aliphatic heterocycles. The number of likely N-dealkylation sites (N-methyl/N-ethyl adjacent to an activating group) is 1. The minimum atomic E-state index is 0.0704. The van der Waals surface area contributed by atoms with Crippen LogP contribution in [0, 0.1) is 13.8 Å². The first-order valence-corrected chi connectivity index (χ1v) is 7.99. The first-order chi connectivity index (χ1) is 11.5. The maximum atomic E-state index is 12.1. The van der Waals surface area contributed by atoms with Crippen LogP contribution in [0.2, 0.25) is 0 Å². The molecule has 0 saturated heterocycles. The number of carbonyl (C=O) groups excluding carboxylic acids is 1. The van der Waals surface area contributed by atoms with E-state index in [1.165, 1.54) is 0 Å². The van der Waals surface area contributed by atoms with Gasteiger partial charge in [0.15, 0.2) is 0 Å². The molecule has 4 nitrogen and oxygen atoms in total. The van der Waals surface area contributed by atoms with Crippen molar-refractivity contribution in [1.29, 1.82) is 0 Å². The van der Waals surface area contributed by atoms with Gasteiger partial charge >= 0.3 is 0 Å². The zero-order valence-electron chi connectivity index (χ0n) is 14.5. The first-order valence-electron chi connectivity index (χ1n) is 7.99. The quantitative estimate of drug-likeness (QED) is 0.742. The third-order valence-electron chi connectivity index (χ3n) is 4.12. The van der Waals surface area contributed by atoms with Crippen LogP contribution in [0.25, 0.3) is 22.3 Å². The molecule has 0 spiro atoms. The summed E-state index contributed by atoms with van der Waals surface area (Å²) in [7, 11) is 3.54. The molecule has 0 saturated carbocycles. The van der Waals surface area contributed by atoms with E-state index in [2.05, 4.69) is 24.0 Å². The molecule has 4 heteroatoms. The summed E-state index contributed by atoms with van der Waals surface area (Å²) in [5.74, 6) is 0.0704. The average molecular weight is 319 g/mol. The zero-order valence-corrected chi connectivity index (χ0v) is 14.5. The van der Waals surface area contributed by atoms with Gasteiger partial charge < -0.3 is 4.90 Å². The summed E-state index contributed by atoms with van der Waals surface area (Å²) >= 11 is 0. The van der Waals surface area contributed by atoms with Gasteiger partial charge in [0, 0.05) is 25.2 Å². The molecule has 0 atom stereocenters. The van der Waals surface area contributed by atoms with E-state index in [9.17, 15) is 4.79 Å². The molecule has 0 unspecified atom stereocenters. The van der Waals surface area contributed by atoms with Gasteiger partial charge in [-0.3, -0.25) is 9.78 Å². The summed E-state index contributed by atoms with van der Waals surface area (Å²) in [5.41, 5.74) is 5.62. The molecule has 1 amide bonds. The highest BCUT2D eigenvalue weighted by molar-refractivity contribution is 5.90. The van der Waals surface area contributed by atoms with Crippen molar-refractivity contribution < 1.29 is 4.79 Å². The van der Waals surface area contributed by atoms with Crippen LogP contribution in [0.3, 0.4) is 0 Å². The summed E-state index contributed by atoms with van der Waals surface area (Å²) in [6.07, 6.45) is 0.349. The number of pyridine rings is 2. The second-order valence-corrected chi connectivity index (χ2v) is 6.27. The van der Waals surface area contributed by atoms with Crippen LogP contribution >= 0.6 is 0 Å². The average Bonchev–Trinajstić information content (AvgIpc) is 2.55. The SMILES string of the molecule is Cc1cccc(-c2cc(C)c3cccc(CC(=O)N(C)C)c3n2)n1. The lowest BCUT2D eigenvalue weighted by atomic mass is 10.0. The van der Waals surface area contributed by atoms with E-state index in [1.807, 2.05) is 37.3 Å². The van der Waals surface area contributed by atoms with Gasteiger partial charge in [0.25, 0.3) is 0 Å². The summed E-state index contributed by atoms with van der Waals surface area (Å²) in [6.45, 7) is 4.04. The molecule has 0 N–H and O–H groups in total. The highest BCUT2D eigenvalue weighted by atomic mass is 16.2. The van der Waals surface area contributed by atoms with Gasteiger partial charge in [-0.05, 0) is 43.2 Å². The van der Waals surface area contributed by atoms with Gasteiger partial charge in [-0.1, -0.05) is 24.3 Å². The van der Waals surface area contributed by atoms with Crippen molar-refractivity contribution in [2.45, 2.75) is 20.3 Å². The lowest BCUT2D eigenvalue weighted by Crippen LogP contribution is -2.23. The van der Waals surface area contributed by atoms with Gasteiger partial charge in [-0.15, -0.1) is 0 Å². The Morgan fingerprint density at radius 3 is 2.46 bits per heavy atom. The molecular formula is C20H21N3O. The van der Waals surface area contributed by atoms with Crippen LogP contribution in [-0.4, -0.2) is 34.9 Å². The lowest BCUT2D eigenvalue weighted by molar-refractivity contribution is -0.127. The summed E-state index contributed by atoms with van der Waals surface area (Å²) in [6, 6.07) is 14.0. The highest BCUT2D eigenvalue weighted by Crippen LogP contribution is 2.26. The molecule has 2 heterocycles. The Labute approximate surface area is 142 Å². The number of carbonyl (C=O) groups is 1. The van der Waals surface area contributed by atoms with Crippen LogP contribution in [0.4, 0.5) is 0 Å². The fraction of sp³-hybridized carbons (Fsp3) is 0.250. The van der Waals surface area contributed by atoms with E-state index in [4.69, 9.17) is 4.98 Å². The number of aromatic nitrogens is 2. The van der Waals surface area contributed by atoms with E-state index in [0.717, 1.165) is 39.1 Å². The molecular weight excluding hydrogens is 298 g/mol. The predicted molar refractivity (Wildman–Crippen MR) is 96.8 cm³/mol. The van der Waals surface area contributed by atoms with E-state index in [-0.39, 0.29) is 5.91 Å². The van der Waals surface area contributed by atoms with Crippen molar-refractivity contribution in [3.8, 4) is 11.4 Å². The van der Waals surface area contributed by atoms with Gasteiger partial charge in [0.05, 0.1) is 23.3 Å². The smallest absolute Gasteiger partial charge is 0.226 e. The largest absolute Gasteiger partial charge is 0.349 e. The number of hydrogen-bond acceptors (Lipinski definition) is 3. The number of benzene rings is 1. The van der Waals surface area contributed by atoms with Crippen LogP contribution in [-0.2, 0) is 11.2 Å². The molecule has 1 aromatic carbocycles. The Balaban J connectivity index is 2.16. The second kappa shape index (κ2) is 6.40. The van der Waals surface area contributed by atoms with E-state index < -0.39 is 0 Å².